The van der Waals surface area contributed by atoms with Crippen LogP contribution in [-0.2, 0) is 55.8 Å². The van der Waals surface area contributed by atoms with Gasteiger partial charge in [-0.25, -0.2) is 9.97 Å². The second-order valence-electron chi connectivity index (χ2n) is 34.5. The van der Waals surface area contributed by atoms with Gasteiger partial charge >= 0.3 is 31.4 Å². The normalized spacial score (nSPS) is 22.3. The molecule has 1 fully saturated rings. The molecule has 31 aromatic rings. The van der Waals surface area contributed by atoms with E-state index in [1.165, 1.54) is 259 Å². The fourth-order valence-corrected chi connectivity index (χ4v) is 30.8. The monoisotopic (exact) mass is 1330 g/mol. The summed E-state index contributed by atoms with van der Waals surface area (Å²) in [5.41, 5.74) is 14.3. The van der Waals surface area contributed by atoms with Crippen molar-refractivity contribution < 1.29 is 38.5 Å². The summed E-state index contributed by atoms with van der Waals surface area (Å²) in [6.07, 6.45) is 4.39. The smallest absolute Gasteiger partial charge is 0.658 e. The fourth-order valence-electron chi connectivity index (χ4n) is 30.8. The van der Waals surface area contributed by atoms with E-state index in [0.717, 1.165) is 78.3 Å². The minimum atomic E-state index is -1.83. The number of hydrogen-bond acceptors (Lipinski definition) is 6. The zero-order valence-corrected chi connectivity index (χ0v) is 57.3. The number of hydrogen-bond donors (Lipinski definition) is 0. The molecule has 102 heavy (non-hydrogen) atoms. The van der Waals surface area contributed by atoms with Crippen LogP contribution in [0.25, 0.3) is 336 Å². The van der Waals surface area contributed by atoms with Crippen LogP contribution in [0.2, 0.25) is 0 Å². The van der Waals surface area contributed by atoms with E-state index in [1.807, 2.05) is 0 Å². The third-order valence-corrected chi connectivity index (χ3v) is 32.5. The third kappa shape index (κ3) is 3.01. The summed E-state index contributed by atoms with van der Waals surface area (Å²) in [6, 6.07) is 10.7. The van der Waals surface area contributed by atoms with Crippen LogP contribution in [-0.4, -0.2) is 35.1 Å². The van der Waals surface area contributed by atoms with Crippen LogP contribution in [0, 0.1) is 19.3 Å². The summed E-state index contributed by atoms with van der Waals surface area (Å²) in [6.45, 7) is 8.87. The number of benzene rings is 18. The van der Waals surface area contributed by atoms with E-state index < -0.39 is 28.2 Å². The van der Waals surface area contributed by atoms with Gasteiger partial charge in [0.05, 0.1) is 46.8 Å². The largest absolute Gasteiger partial charge is 2.00 e. The molecule has 5 aliphatic carbocycles. The number of aryl methyl sites for hydroxylation is 3. The number of esters is 2. The molecule has 28 aromatic carbocycles. The van der Waals surface area contributed by atoms with E-state index in [1.54, 1.807) is 53.9 Å². The summed E-state index contributed by atoms with van der Waals surface area (Å²) in [4.78, 5) is 57.6. The molecule has 0 atom stereocenters. The topological polar surface area (TPSA) is 107 Å². The predicted molar refractivity (Wildman–Crippen MR) is 410 cm³/mol. The summed E-state index contributed by atoms with van der Waals surface area (Å²) in [5.74, 6) is -0.819. The van der Waals surface area contributed by atoms with Gasteiger partial charge in [-0.2, -0.15) is 0 Å². The Hall–Kier alpha value is -11.4. The molecule has 6 heterocycles. The van der Waals surface area contributed by atoms with E-state index in [4.69, 9.17) is 29.4 Å². The van der Waals surface area contributed by atoms with Crippen molar-refractivity contribution in [3.63, 3.8) is 0 Å². The Labute approximate surface area is 577 Å². The van der Waals surface area contributed by atoms with E-state index in [-0.39, 0.29) is 32.7 Å². The first-order valence-electron chi connectivity index (χ1n) is 36.9. The standard InChI is InChI=1S/C93H30N4O4.Zn/c1-17-11-22-14-27-19(3)23-7-5-9-100-89(98)93(90(99)101-10-6-8-24-20(4)28(97-30(24)16-29(23)96-27)15-26-18(2)12-21(95-26)13-25(17)94-22)91-85-77-69-59-49-41-33-31-32-35-39-37(33)45-53-47(39)57-51-43(35)44-36(32)40-38-34(31)42(41)50-56-46(38)54-48(40)58-52(44)62-61(51)71-65(57)75-67(53)73(63(69)55(45)49)81(85)83(75)87-79(71)80-72(62)66(58)76-68(54)74-64(56)70(60(50)59)78(77)86(91)82(74)84(76)88(80)92(87,91)93;/h11-16H,5-10H2,1-4H3;/q-2;+2. The number of cyclic esters (lactones) is 2. The Balaban J connectivity index is 0.00000501. The molecule has 8 aliphatic rings. The number of aromatic nitrogens is 4. The fraction of sp³-hybridized carbons (Fsp3) is 0.140. The van der Waals surface area contributed by atoms with Crippen molar-refractivity contribution in [2.45, 2.75) is 64.2 Å². The van der Waals surface area contributed by atoms with Crippen molar-refractivity contribution in [1.29, 1.82) is 0 Å². The maximum Gasteiger partial charge on any atom is 2.00 e. The van der Waals surface area contributed by atoms with Crippen molar-refractivity contribution in [3.05, 3.63) is 92.1 Å². The summed E-state index contributed by atoms with van der Waals surface area (Å²) < 4.78 is 14.9. The van der Waals surface area contributed by atoms with E-state index in [2.05, 4.69) is 64.1 Å². The molecule has 0 unspecified atom stereocenters. The average Bonchev–Trinajstić information content (AvgIpc) is 1.35. The Morgan fingerprint density at radius 1 is 0.333 bits per heavy atom. The van der Waals surface area contributed by atoms with Crippen LogP contribution in [0.15, 0.2) is 30.3 Å². The predicted octanol–water partition coefficient (Wildman–Crippen LogP) is 21.8. The van der Waals surface area contributed by atoms with Gasteiger partial charge in [0, 0.05) is 0 Å². The zero-order valence-electron chi connectivity index (χ0n) is 54.3. The van der Waals surface area contributed by atoms with Crippen molar-refractivity contribution in [2.24, 2.45) is 5.41 Å². The second-order valence-corrected chi connectivity index (χ2v) is 34.5. The number of rotatable bonds is 0. The Bertz CT molecular complexity index is 9090. The molecule has 3 spiro atoms. The van der Waals surface area contributed by atoms with Gasteiger partial charge in [0.2, 0.25) is 0 Å². The van der Waals surface area contributed by atoms with Gasteiger partial charge in [0.15, 0.2) is 5.41 Å². The summed E-state index contributed by atoms with van der Waals surface area (Å²) >= 11 is 0. The molecule has 3 aromatic heterocycles. The molecule has 0 N–H and O–H groups in total. The van der Waals surface area contributed by atoms with E-state index >= 15 is 9.59 Å². The first-order valence-corrected chi connectivity index (χ1v) is 36.9. The Kier molecular flexibility index (Phi) is 5.15. The van der Waals surface area contributed by atoms with Crippen LogP contribution in [0.5, 0.6) is 0 Å². The first-order chi connectivity index (χ1) is 49.7. The van der Waals surface area contributed by atoms with Crippen molar-refractivity contribution >= 4 is 348 Å². The van der Waals surface area contributed by atoms with Crippen LogP contribution in [0.3, 0.4) is 0 Å². The quantitative estimate of drug-likeness (QED) is 0.0640. The van der Waals surface area contributed by atoms with Crippen molar-refractivity contribution in [3.8, 4) is 0 Å². The summed E-state index contributed by atoms with van der Waals surface area (Å²) in [5, 5.41) is 79.2. The number of fused-ring (bicyclic) bond motifs is 6. The maximum atomic E-state index is 18.1. The van der Waals surface area contributed by atoms with E-state index in [0.29, 0.717) is 25.7 Å². The number of ether oxygens (including phenoxy) is 2. The molecule has 0 radical (unpaired) electrons. The molecule has 9 heteroatoms. The second kappa shape index (κ2) is 11.6. The molecule has 8 bridgehead atoms. The van der Waals surface area contributed by atoms with Gasteiger partial charge in [0.25, 0.3) is 0 Å². The molecule has 0 amide bonds. The average molecular weight is 1330 g/mol. The van der Waals surface area contributed by atoms with Crippen LogP contribution in [0.1, 0.15) is 94.8 Å². The number of allylic oxidation sites excluding steroid dienone is 3. The molecule has 0 saturated heterocycles. The van der Waals surface area contributed by atoms with Gasteiger partial charge in [-0.05, 0) is 389 Å². The first kappa shape index (κ1) is 45.4. The zero-order chi connectivity index (χ0) is 63.0. The third-order valence-electron chi connectivity index (χ3n) is 32.5. The minimum Gasteiger partial charge on any atom is -0.658 e. The molecule has 448 valence electrons. The number of nitrogens with zero attached hydrogens (tertiary/aromatic N) is 4. The van der Waals surface area contributed by atoms with Gasteiger partial charge in [0.1, 0.15) is 0 Å². The molecule has 1 saturated carbocycles. The maximum absolute atomic E-state index is 18.1. The molecule has 39 rings (SSSR count). The Morgan fingerprint density at radius 2 is 0.667 bits per heavy atom. The molecule has 8 nitrogen and oxygen atoms in total. The van der Waals surface area contributed by atoms with Crippen LogP contribution in [0.4, 0.5) is 0 Å². The molecular weight excluding hydrogens is 1300 g/mol. The van der Waals surface area contributed by atoms with Gasteiger partial charge < -0.3 is 19.4 Å². The van der Waals surface area contributed by atoms with Gasteiger partial charge in [-0.15, -0.1) is 22.1 Å². The number of carbonyl (C=O) groups excluding carboxylic acids is 2. The van der Waals surface area contributed by atoms with Crippen LogP contribution < -0.4 is 9.97 Å². The molecular formula is C93H30N4O4Zn. The van der Waals surface area contributed by atoms with Crippen LogP contribution >= 0.6 is 0 Å². The van der Waals surface area contributed by atoms with Gasteiger partial charge in [-0.3, -0.25) is 9.59 Å². The van der Waals surface area contributed by atoms with Crippen molar-refractivity contribution in [1.82, 2.24) is 19.9 Å². The molecule has 3 aliphatic heterocycles. The summed E-state index contributed by atoms with van der Waals surface area (Å²) in [7, 11) is 0. The Morgan fingerprint density at radius 3 is 1.03 bits per heavy atom. The van der Waals surface area contributed by atoms with Crippen molar-refractivity contribution in [2.75, 3.05) is 13.2 Å². The van der Waals surface area contributed by atoms with Gasteiger partial charge in [-0.1, -0.05) is 47.0 Å². The number of carbonyl (C=O) groups is 2. The SMILES string of the molecule is CC1=Cc2cc3[n-]c4cc5nc(cc6[n-]c(cc1n2)cc6C)C(C)=C5CCCOC(=O)C1(C(=O)OCCCc4c3C)C23c4c5c6c7c8c9c(c%10c%11c2c2c4c4c%12c5c5c6c6c8c8c%13c9c9c%10c%10c%11c%11c2c2c4c4c%12c%12c5c5c6c8c6c8c%13c9c9c%10c%10c%11c2c2c4c4c%12c5c6c5c8c9c%10c2c45)C713.[Zn+2]. The minimum absolute atomic E-state index is 0. The van der Waals surface area contributed by atoms with E-state index in [9.17, 15) is 0 Å².